The van der Waals surface area contributed by atoms with Crippen LogP contribution in [0.4, 0.5) is 0 Å². The number of aryl methyl sites for hydroxylation is 1. The van der Waals surface area contributed by atoms with Crippen molar-refractivity contribution in [1.29, 1.82) is 5.26 Å². The lowest BCUT2D eigenvalue weighted by Gasteiger charge is -1.97. The largest absolute Gasteiger partial charge is 0.312 e. The van der Waals surface area contributed by atoms with Crippen LogP contribution >= 0.6 is 0 Å². The minimum atomic E-state index is 0.557. The summed E-state index contributed by atoms with van der Waals surface area (Å²) in [6.07, 6.45) is 4.42. The van der Waals surface area contributed by atoms with Crippen molar-refractivity contribution >= 4 is 0 Å². The number of nitriles is 1. The Morgan fingerprint density at radius 3 is 3.15 bits per heavy atom. The second-order valence-corrected chi connectivity index (χ2v) is 2.79. The van der Waals surface area contributed by atoms with Crippen LogP contribution < -0.4 is 5.32 Å². The lowest BCUT2D eigenvalue weighted by Crippen LogP contribution is -2.13. The molecule has 70 valence electrons. The summed E-state index contributed by atoms with van der Waals surface area (Å²) in [6, 6.07) is 2.09. The third kappa shape index (κ3) is 3.26. The van der Waals surface area contributed by atoms with E-state index in [1.807, 2.05) is 17.1 Å². The van der Waals surface area contributed by atoms with E-state index in [1.165, 1.54) is 5.56 Å². The van der Waals surface area contributed by atoms with Gasteiger partial charge in [0.2, 0.25) is 0 Å². The van der Waals surface area contributed by atoms with Gasteiger partial charge in [0.25, 0.3) is 0 Å². The summed E-state index contributed by atoms with van der Waals surface area (Å²) in [4.78, 5) is 0. The standard InChI is InChI=1S/C9H14N4/c1-2-13-8-9(7-12-13)6-11-5-3-4-10/h7-8,11H,2-3,5-6H2,1H3. The molecule has 1 N–H and O–H groups in total. The lowest BCUT2D eigenvalue weighted by atomic mass is 10.3. The van der Waals surface area contributed by atoms with Crippen LogP contribution in [0, 0.1) is 11.3 Å². The first-order chi connectivity index (χ1) is 6.36. The van der Waals surface area contributed by atoms with Crippen LogP contribution in [0.1, 0.15) is 18.9 Å². The summed E-state index contributed by atoms with van der Waals surface area (Å²) in [7, 11) is 0. The second kappa shape index (κ2) is 5.33. The summed E-state index contributed by atoms with van der Waals surface area (Å²) in [5.74, 6) is 0. The Kier molecular flexibility index (Phi) is 4.00. The number of rotatable bonds is 5. The molecule has 0 saturated carbocycles. The van der Waals surface area contributed by atoms with Crippen LogP contribution in [0.5, 0.6) is 0 Å². The first-order valence-electron chi connectivity index (χ1n) is 4.45. The summed E-state index contributed by atoms with van der Waals surface area (Å²) < 4.78 is 1.89. The van der Waals surface area contributed by atoms with E-state index in [2.05, 4.69) is 23.4 Å². The number of hydrogen-bond acceptors (Lipinski definition) is 3. The van der Waals surface area contributed by atoms with Crippen LogP contribution in [-0.4, -0.2) is 16.3 Å². The fourth-order valence-corrected chi connectivity index (χ4v) is 1.05. The predicted octanol–water partition coefficient (Wildman–Crippen LogP) is 0.906. The Bertz CT molecular complexity index is 284. The third-order valence-electron chi connectivity index (χ3n) is 1.75. The van der Waals surface area contributed by atoms with Gasteiger partial charge in [-0.2, -0.15) is 10.4 Å². The van der Waals surface area contributed by atoms with Crippen LogP contribution in [0.25, 0.3) is 0 Å². The van der Waals surface area contributed by atoms with E-state index in [0.717, 1.165) is 19.6 Å². The SMILES string of the molecule is CCn1cc(CNCCC#N)cn1. The van der Waals surface area contributed by atoms with E-state index in [-0.39, 0.29) is 0 Å². The van der Waals surface area contributed by atoms with E-state index in [1.54, 1.807) is 0 Å². The van der Waals surface area contributed by atoms with Gasteiger partial charge in [-0.3, -0.25) is 4.68 Å². The van der Waals surface area contributed by atoms with Gasteiger partial charge in [-0.25, -0.2) is 0 Å². The highest BCUT2D eigenvalue weighted by Gasteiger charge is 1.95. The zero-order valence-corrected chi connectivity index (χ0v) is 7.82. The Morgan fingerprint density at radius 1 is 1.69 bits per heavy atom. The molecule has 0 spiro atoms. The minimum absolute atomic E-state index is 0.557. The molecule has 4 heteroatoms. The summed E-state index contributed by atoms with van der Waals surface area (Å²) >= 11 is 0. The summed E-state index contributed by atoms with van der Waals surface area (Å²) in [5.41, 5.74) is 1.17. The number of nitrogens with zero attached hydrogens (tertiary/aromatic N) is 3. The van der Waals surface area contributed by atoms with Crippen molar-refractivity contribution in [2.24, 2.45) is 0 Å². The smallest absolute Gasteiger partial charge is 0.0635 e. The first-order valence-corrected chi connectivity index (χ1v) is 4.45. The Balaban J connectivity index is 2.25. The number of hydrogen-bond donors (Lipinski definition) is 1. The molecule has 0 aromatic carbocycles. The molecule has 0 amide bonds. The molecule has 0 atom stereocenters. The van der Waals surface area contributed by atoms with Gasteiger partial charge >= 0.3 is 0 Å². The van der Waals surface area contributed by atoms with Crippen molar-refractivity contribution in [2.75, 3.05) is 6.54 Å². The number of nitrogens with one attached hydrogen (secondary N) is 1. The highest BCUT2D eigenvalue weighted by molar-refractivity contribution is 5.03. The van der Waals surface area contributed by atoms with E-state index >= 15 is 0 Å². The predicted molar refractivity (Wildman–Crippen MR) is 49.8 cm³/mol. The van der Waals surface area contributed by atoms with E-state index < -0.39 is 0 Å². The molecule has 0 saturated heterocycles. The van der Waals surface area contributed by atoms with Crippen LogP contribution in [-0.2, 0) is 13.1 Å². The minimum Gasteiger partial charge on any atom is -0.312 e. The molecule has 0 bridgehead atoms. The molecule has 0 aliphatic rings. The maximum absolute atomic E-state index is 8.30. The zero-order valence-electron chi connectivity index (χ0n) is 7.82. The van der Waals surface area contributed by atoms with Gasteiger partial charge in [-0.15, -0.1) is 0 Å². The Morgan fingerprint density at radius 2 is 2.54 bits per heavy atom. The molecule has 13 heavy (non-hydrogen) atoms. The Labute approximate surface area is 78.2 Å². The van der Waals surface area contributed by atoms with Gasteiger partial charge in [0, 0.05) is 37.8 Å². The van der Waals surface area contributed by atoms with E-state index in [0.29, 0.717) is 6.42 Å². The van der Waals surface area contributed by atoms with Crippen LogP contribution in [0.3, 0.4) is 0 Å². The van der Waals surface area contributed by atoms with Crippen molar-refractivity contribution in [1.82, 2.24) is 15.1 Å². The van der Waals surface area contributed by atoms with Gasteiger partial charge < -0.3 is 5.32 Å². The molecule has 1 heterocycles. The van der Waals surface area contributed by atoms with Gasteiger partial charge in [0.05, 0.1) is 12.3 Å². The van der Waals surface area contributed by atoms with Gasteiger partial charge in [0.1, 0.15) is 0 Å². The fraction of sp³-hybridized carbons (Fsp3) is 0.556. The average Bonchev–Trinajstić information content (AvgIpc) is 2.60. The quantitative estimate of drug-likeness (QED) is 0.682. The third-order valence-corrected chi connectivity index (χ3v) is 1.75. The van der Waals surface area contributed by atoms with Crippen LogP contribution in [0.15, 0.2) is 12.4 Å². The van der Waals surface area contributed by atoms with E-state index in [4.69, 9.17) is 5.26 Å². The van der Waals surface area contributed by atoms with Crippen molar-refractivity contribution < 1.29 is 0 Å². The van der Waals surface area contributed by atoms with Gasteiger partial charge in [-0.05, 0) is 6.92 Å². The van der Waals surface area contributed by atoms with Crippen molar-refractivity contribution in [3.8, 4) is 6.07 Å². The molecule has 4 nitrogen and oxygen atoms in total. The molecule has 0 aliphatic heterocycles. The molecular weight excluding hydrogens is 164 g/mol. The van der Waals surface area contributed by atoms with Gasteiger partial charge in [0.15, 0.2) is 0 Å². The lowest BCUT2D eigenvalue weighted by molar-refractivity contribution is 0.656. The summed E-state index contributed by atoms with van der Waals surface area (Å²) in [6.45, 7) is 4.49. The highest BCUT2D eigenvalue weighted by Crippen LogP contribution is 1.96. The summed E-state index contributed by atoms with van der Waals surface area (Å²) in [5, 5.41) is 15.6. The molecule has 0 radical (unpaired) electrons. The zero-order chi connectivity index (χ0) is 9.52. The normalized spacial score (nSPS) is 9.85. The maximum Gasteiger partial charge on any atom is 0.0635 e. The topological polar surface area (TPSA) is 53.6 Å². The maximum atomic E-state index is 8.30. The Hall–Kier alpha value is -1.34. The molecule has 0 unspecified atom stereocenters. The molecule has 1 rings (SSSR count). The fourth-order valence-electron chi connectivity index (χ4n) is 1.05. The van der Waals surface area contributed by atoms with E-state index in [9.17, 15) is 0 Å². The number of aromatic nitrogens is 2. The molecule has 1 aromatic heterocycles. The highest BCUT2D eigenvalue weighted by atomic mass is 15.3. The van der Waals surface area contributed by atoms with Crippen molar-refractivity contribution in [3.63, 3.8) is 0 Å². The first kappa shape index (κ1) is 9.75. The molecule has 0 fully saturated rings. The molecular formula is C9H14N4. The molecule has 1 aromatic rings. The van der Waals surface area contributed by atoms with Gasteiger partial charge in [-0.1, -0.05) is 0 Å². The second-order valence-electron chi connectivity index (χ2n) is 2.79. The van der Waals surface area contributed by atoms with Crippen LogP contribution in [0.2, 0.25) is 0 Å². The average molecular weight is 178 g/mol. The van der Waals surface area contributed by atoms with Crippen molar-refractivity contribution in [3.05, 3.63) is 18.0 Å². The molecule has 0 aliphatic carbocycles. The van der Waals surface area contributed by atoms with Crippen molar-refractivity contribution in [2.45, 2.75) is 26.4 Å². The monoisotopic (exact) mass is 178 g/mol.